The minimum atomic E-state index is -0.826. The van der Waals surface area contributed by atoms with Crippen LogP contribution in [-0.4, -0.2) is 15.5 Å². The van der Waals surface area contributed by atoms with E-state index in [-0.39, 0.29) is 11.5 Å². The Hall–Kier alpha value is -2.63. The second-order valence-corrected chi connectivity index (χ2v) is 3.87. The third-order valence-electron chi connectivity index (χ3n) is 2.55. The number of aromatic nitrogens is 2. The second kappa shape index (κ2) is 4.33. The first-order valence-electron chi connectivity index (χ1n) is 5.25. The SMILES string of the molecule is Cc1ccc(-n2c(N)ncc(C(N)=O)c2=O)cc1. The predicted molar refractivity (Wildman–Crippen MR) is 67.5 cm³/mol. The van der Waals surface area contributed by atoms with Gasteiger partial charge in [-0.05, 0) is 19.1 Å². The summed E-state index contributed by atoms with van der Waals surface area (Å²) in [5, 5.41) is 0. The maximum absolute atomic E-state index is 12.1. The van der Waals surface area contributed by atoms with Gasteiger partial charge in [0.25, 0.3) is 11.5 Å². The van der Waals surface area contributed by atoms with Gasteiger partial charge in [0.2, 0.25) is 5.95 Å². The van der Waals surface area contributed by atoms with Gasteiger partial charge in [-0.3, -0.25) is 9.59 Å². The Morgan fingerprint density at radius 1 is 1.28 bits per heavy atom. The summed E-state index contributed by atoms with van der Waals surface area (Å²) in [5.74, 6) is -0.817. The molecule has 0 bridgehead atoms. The molecular weight excluding hydrogens is 232 g/mol. The lowest BCUT2D eigenvalue weighted by Gasteiger charge is -2.09. The number of nitrogens with two attached hydrogens (primary N) is 2. The summed E-state index contributed by atoms with van der Waals surface area (Å²) in [5.41, 5.74) is 11.6. The third-order valence-corrected chi connectivity index (χ3v) is 2.55. The van der Waals surface area contributed by atoms with Crippen molar-refractivity contribution < 1.29 is 4.79 Å². The molecule has 1 amide bonds. The fourth-order valence-electron chi connectivity index (χ4n) is 1.58. The molecule has 0 saturated heterocycles. The zero-order valence-corrected chi connectivity index (χ0v) is 9.75. The molecule has 6 nitrogen and oxygen atoms in total. The van der Waals surface area contributed by atoms with Gasteiger partial charge >= 0.3 is 0 Å². The van der Waals surface area contributed by atoms with Crippen LogP contribution in [0.1, 0.15) is 15.9 Å². The third kappa shape index (κ3) is 1.95. The Morgan fingerprint density at radius 2 is 1.89 bits per heavy atom. The average molecular weight is 244 g/mol. The van der Waals surface area contributed by atoms with Gasteiger partial charge in [0.05, 0.1) is 5.69 Å². The number of rotatable bonds is 2. The fraction of sp³-hybridized carbons (Fsp3) is 0.0833. The minimum Gasteiger partial charge on any atom is -0.369 e. The largest absolute Gasteiger partial charge is 0.369 e. The highest BCUT2D eigenvalue weighted by atomic mass is 16.2. The van der Waals surface area contributed by atoms with Crippen molar-refractivity contribution in [3.63, 3.8) is 0 Å². The zero-order chi connectivity index (χ0) is 13.3. The predicted octanol–water partition coefficient (Wildman–Crippen LogP) is 0.222. The molecule has 2 rings (SSSR count). The molecular formula is C12H12N4O2. The summed E-state index contributed by atoms with van der Waals surface area (Å²) in [6.07, 6.45) is 1.09. The number of nitrogens with zero attached hydrogens (tertiary/aromatic N) is 2. The smallest absolute Gasteiger partial charge is 0.272 e. The summed E-state index contributed by atoms with van der Waals surface area (Å²) >= 11 is 0. The highest BCUT2D eigenvalue weighted by Crippen LogP contribution is 2.10. The number of aryl methyl sites for hydroxylation is 1. The molecule has 0 radical (unpaired) electrons. The topological polar surface area (TPSA) is 104 Å². The maximum Gasteiger partial charge on any atom is 0.272 e. The Morgan fingerprint density at radius 3 is 2.44 bits per heavy atom. The van der Waals surface area contributed by atoms with E-state index in [2.05, 4.69) is 4.98 Å². The molecule has 0 saturated carbocycles. The number of carbonyl (C=O) groups excluding carboxylic acids is 1. The van der Waals surface area contributed by atoms with Gasteiger partial charge in [-0.2, -0.15) is 0 Å². The first-order valence-corrected chi connectivity index (χ1v) is 5.25. The molecule has 0 unspecified atom stereocenters. The van der Waals surface area contributed by atoms with E-state index in [1.54, 1.807) is 12.1 Å². The number of carbonyl (C=O) groups is 1. The lowest BCUT2D eigenvalue weighted by molar-refractivity contribution is 0.0998. The first-order chi connectivity index (χ1) is 8.50. The zero-order valence-electron chi connectivity index (χ0n) is 9.75. The van der Waals surface area contributed by atoms with Crippen molar-refractivity contribution in [2.45, 2.75) is 6.92 Å². The second-order valence-electron chi connectivity index (χ2n) is 3.87. The maximum atomic E-state index is 12.1. The molecule has 0 spiro atoms. The van der Waals surface area contributed by atoms with Crippen LogP contribution in [0.15, 0.2) is 35.3 Å². The van der Waals surface area contributed by atoms with E-state index in [0.29, 0.717) is 5.69 Å². The van der Waals surface area contributed by atoms with Crippen LogP contribution in [0.5, 0.6) is 0 Å². The molecule has 1 aromatic heterocycles. The summed E-state index contributed by atoms with van der Waals surface area (Å²) in [6.45, 7) is 1.92. The van der Waals surface area contributed by atoms with E-state index in [4.69, 9.17) is 11.5 Å². The van der Waals surface area contributed by atoms with Crippen LogP contribution < -0.4 is 17.0 Å². The van der Waals surface area contributed by atoms with Crippen LogP contribution in [0, 0.1) is 6.92 Å². The van der Waals surface area contributed by atoms with Crippen molar-refractivity contribution in [1.29, 1.82) is 0 Å². The molecule has 18 heavy (non-hydrogen) atoms. The molecule has 2 aromatic rings. The summed E-state index contributed by atoms with van der Waals surface area (Å²) in [7, 11) is 0. The lowest BCUT2D eigenvalue weighted by atomic mass is 10.2. The summed E-state index contributed by atoms with van der Waals surface area (Å²) in [6, 6.07) is 7.11. The number of benzene rings is 1. The van der Waals surface area contributed by atoms with E-state index in [0.717, 1.165) is 16.3 Å². The Balaban J connectivity index is 2.71. The number of hydrogen-bond donors (Lipinski definition) is 2. The van der Waals surface area contributed by atoms with Gasteiger partial charge in [-0.25, -0.2) is 9.55 Å². The number of nitrogen functional groups attached to an aromatic ring is 1. The van der Waals surface area contributed by atoms with Gasteiger partial charge in [0.1, 0.15) is 5.56 Å². The average Bonchev–Trinajstić information content (AvgIpc) is 2.31. The van der Waals surface area contributed by atoms with Crippen LogP contribution in [0.25, 0.3) is 5.69 Å². The number of hydrogen-bond acceptors (Lipinski definition) is 4. The van der Waals surface area contributed by atoms with Gasteiger partial charge in [0.15, 0.2) is 0 Å². The van der Waals surface area contributed by atoms with Crippen LogP contribution in [0.3, 0.4) is 0 Å². The molecule has 0 atom stereocenters. The van der Waals surface area contributed by atoms with Crippen molar-refractivity contribution in [2.24, 2.45) is 5.73 Å². The normalized spacial score (nSPS) is 10.3. The number of amides is 1. The Kier molecular flexibility index (Phi) is 2.85. The quantitative estimate of drug-likeness (QED) is 0.788. The van der Waals surface area contributed by atoms with Crippen LogP contribution >= 0.6 is 0 Å². The van der Waals surface area contributed by atoms with E-state index in [1.165, 1.54) is 0 Å². The molecule has 1 heterocycles. The molecule has 1 aromatic carbocycles. The van der Waals surface area contributed by atoms with Gasteiger partial charge in [0, 0.05) is 6.20 Å². The molecule has 4 N–H and O–H groups in total. The van der Waals surface area contributed by atoms with E-state index >= 15 is 0 Å². The Bertz CT molecular complexity index is 659. The van der Waals surface area contributed by atoms with Crippen molar-refractivity contribution >= 4 is 11.9 Å². The first kappa shape index (κ1) is 11.8. The monoisotopic (exact) mass is 244 g/mol. The summed E-state index contributed by atoms with van der Waals surface area (Å²) < 4.78 is 1.15. The lowest BCUT2D eigenvalue weighted by Crippen LogP contribution is -2.30. The van der Waals surface area contributed by atoms with Crippen LogP contribution in [-0.2, 0) is 0 Å². The van der Waals surface area contributed by atoms with Crippen molar-refractivity contribution in [3.05, 3.63) is 51.9 Å². The van der Waals surface area contributed by atoms with E-state index in [9.17, 15) is 9.59 Å². The van der Waals surface area contributed by atoms with Gasteiger partial charge < -0.3 is 11.5 Å². The van der Waals surface area contributed by atoms with Crippen molar-refractivity contribution in [2.75, 3.05) is 5.73 Å². The van der Waals surface area contributed by atoms with E-state index < -0.39 is 11.5 Å². The molecule has 0 aliphatic rings. The van der Waals surface area contributed by atoms with Crippen molar-refractivity contribution in [3.8, 4) is 5.69 Å². The van der Waals surface area contributed by atoms with E-state index in [1.807, 2.05) is 19.1 Å². The van der Waals surface area contributed by atoms with Crippen LogP contribution in [0.2, 0.25) is 0 Å². The molecule has 6 heteroatoms. The number of anilines is 1. The molecule has 0 aliphatic heterocycles. The molecule has 92 valence electrons. The van der Waals surface area contributed by atoms with Crippen LogP contribution in [0.4, 0.5) is 5.95 Å². The number of primary amides is 1. The molecule has 0 fully saturated rings. The minimum absolute atomic E-state index is 0.00820. The highest BCUT2D eigenvalue weighted by molar-refractivity contribution is 5.92. The summed E-state index contributed by atoms with van der Waals surface area (Å²) in [4.78, 5) is 27.0. The fourth-order valence-corrected chi connectivity index (χ4v) is 1.58. The standard InChI is InChI=1S/C12H12N4O2/c1-7-2-4-8(5-3-7)16-11(18)9(10(13)17)6-15-12(16)14/h2-6H,1H3,(H2,13,17)(H2,14,15). The van der Waals surface area contributed by atoms with Crippen molar-refractivity contribution in [1.82, 2.24) is 9.55 Å². The van der Waals surface area contributed by atoms with Gasteiger partial charge in [-0.1, -0.05) is 17.7 Å². The highest BCUT2D eigenvalue weighted by Gasteiger charge is 2.13. The van der Waals surface area contributed by atoms with Gasteiger partial charge in [-0.15, -0.1) is 0 Å². The Labute approximate surface area is 103 Å². The molecule has 0 aliphatic carbocycles.